The first-order valence-electron chi connectivity index (χ1n) is 7.59. The molecule has 0 fully saturated rings. The van der Waals surface area contributed by atoms with Crippen LogP contribution >= 0.6 is 0 Å². The number of aromatic hydroxyl groups is 1. The minimum absolute atomic E-state index is 0.149. The molecule has 3 aromatic carbocycles. The topological polar surface area (TPSA) is 108 Å². The molecule has 0 unspecified atom stereocenters. The van der Waals surface area contributed by atoms with Crippen LogP contribution in [0.1, 0.15) is 5.56 Å². The summed E-state index contributed by atoms with van der Waals surface area (Å²) in [6.07, 6.45) is 0. The largest absolute Gasteiger partial charge is 0.505 e. The lowest BCUT2D eigenvalue weighted by molar-refractivity contribution is 0.482. The lowest BCUT2D eigenvalue weighted by Gasteiger charge is -2.06. The van der Waals surface area contributed by atoms with E-state index < -0.39 is 10.6 Å². The molecule has 3 aromatic rings. The predicted octanol–water partition coefficient (Wildman–Crippen LogP) is 4.31. The zero-order valence-electron chi connectivity index (χ0n) is 14.2. The summed E-state index contributed by atoms with van der Waals surface area (Å²) in [6, 6.07) is 17.2. The summed E-state index contributed by atoms with van der Waals surface area (Å²) < 4.78 is 25.3. The summed E-state index contributed by atoms with van der Waals surface area (Å²) in [7, 11) is -1.24. The summed E-state index contributed by atoms with van der Waals surface area (Å²) >= 11 is 0. The minimum Gasteiger partial charge on any atom is -0.505 e. The number of rotatable bonds is 3. The molecule has 3 rings (SSSR count). The second kappa shape index (κ2) is 8.72. The highest BCUT2D eigenvalue weighted by molar-refractivity contribution is 7.59. The normalized spacial score (nSPS) is 10.4. The summed E-state index contributed by atoms with van der Waals surface area (Å²) in [5.74, 6) is 0.149. The van der Waals surface area contributed by atoms with Crippen LogP contribution in [0.4, 0.5) is 17.1 Å². The summed E-state index contributed by atoms with van der Waals surface area (Å²) in [5.41, 5.74) is 3.40. The number of phenols is 1. The molecule has 0 aliphatic heterocycles. The maximum atomic E-state index is 10.4. The summed E-state index contributed by atoms with van der Waals surface area (Å²) in [5, 5.41) is 23.5. The third-order valence-electron chi connectivity index (χ3n) is 3.57. The van der Waals surface area contributed by atoms with Crippen molar-refractivity contribution in [2.45, 2.75) is 6.92 Å². The van der Waals surface area contributed by atoms with Gasteiger partial charge in [0.25, 0.3) is 0 Å². The Balaban J connectivity index is 0.000000552. The van der Waals surface area contributed by atoms with Crippen LogP contribution in [-0.2, 0) is 10.6 Å². The first-order chi connectivity index (χ1) is 12.4. The standard InChI is InChI=1S/C18H17N3O.O3S/c1-12-3-6-14(7-4-12)20-21-17-10-5-13-11-15(19-2)8-9-16(13)18(17)22;1-4(2)3/h3-11,19,22H,1-2H3;. The Labute approximate surface area is 152 Å². The van der Waals surface area contributed by atoms with Gasteiger partial charge in [0.05, 0.1) is 5.69 Å². The van der Waals surface area contributed by atoms with Gasteiger partial charge in [-0.25, -0.2) is 0 Å². The highest BCUT2D eigenvalue weighted by Gasteiger charge is 2.06. The number of nitrogens with one attached hydrogen (secondary N) is 1. The number of hydrogen-bond donors (Lipinski definition) is 2. The molecule has 2 N–H and O–H groups in total. The van der Waals surface area contributed by atoms with Gasteiger partial charge in [0.2, 0.25) is 0 Å². The third kappa shape index (κ3) is 5.12. The van der Waals surface area contributed by atoms with E-state index in [4.69, 9.17) is 12.6 Å². The van der Waals surface area contributed by atoms with Gasteiger partial charge in [-0.2, -0.15) is 5.11 Å². The van der Waals surface area contributed by atoms with Gasteiger partial charge in [0, 0.05) is 18.1 Å². The first kappa shape index (κ1) is 19.1. The molecule has 0 amide bonds. The van der Waals surface area contributed by atoms with E-state index in [-0.39, 0.29) is 5.75 Å². The molecule has 0 radical (unpaired) electrons. The average Bonchev–Trinajstić information content (AvgIpc) is 2.62. The summed E-state index contributed by atoms with van der Waals surface area (Å²) in [6.45, 7) is 2.02. The first-order valence-corrected chi connectivity index (χ1v) is 8.59. The Hall–Kier alpha value is -3.26. The maximum Gasteiger partial charge on any atom is 0.425 e. The second-order valence-electron chi connectivity index (χ2n) is 5.36. The molecule has 26 heavy (non-hydrogen) atoms. The van der Waals surface area contributed by atoms with E-state index in [1.807, 2.05) is 62.5 Å². The van der Waals surface area contributed by atoms with Crippen molar-refractivity contribution >= 4 is 38.4 Å². The zero-order chi connectivity index (χ0) is 19.1. The van der Waals surface area contributed by atoms with E-state index >= 15 is 0 Å². The molecule has 0 aliphatic rings. The quantitative estimate of drug-likeness (QED) is 0.667. The Morgan fingerprint density at radius 1 is 0.923 bits per heavy atom. The molecular formula is C18H17N3O4S. The van der Waals surface area contributed by atoms with Crippen molar-refractivity contribution in [2.24, 2.45) is 10.2 Å². The van der Waals surface area contributed by atoms with E-state index in [9.17, 15) is 5.11 Å². The molecule has 0 spiro atoms. The van der Waals surface area contributed by atoms with E-state index in [0.717, 1.165) is 22.1 Å². The van der Waals surface area contributed by atoms with Gasteiger partial charge in [-0.1, -0.05) is 23.8 Å². The van der Waals surface area contributed by atoms with Crippen molar-refractivity contribution < 1.29 is 17.7 Å². The highest BCUT2D eigenvalue weighted by Crippen LogP contribution is 2.36. The van der Waals surface area contributed by atoms with Gasteiger partial charge in [-0.15, -0.1) is 17.7 Å². The molecule has 0 aromatic heterocycles. The molecule has 0 heterocycles. The van der Waals surface area contributed by atoms with E-state index in [1.54, 1.807) is 6.07 Å². The fourth-order valence-corrected chi connectivity index (χ4v) is 2.26. The molecule has 8 heteroatoms. The molecule has 0 bridgehead atoms. The Bertz CT molecular complexity index is 1040. The molecule has 0 saturated heterocycles. The molecule has 0 saturated carbocycles. The number of aryl methyl sites for hydroxylation is 1. The number of phenolic OH excluding ortho intramolecular Hbond substituents is 1. The van der Waals surface area contributed by atoms with Gasteiger partial charge < -0.3 is 10.4 Å². The van der Waals surface area contributed by atoms with Gasteiger partial charge in [-0.3, -0.25) is 0 Å². The van der Waals surface area contributed by atoms with Crippen LogP contribution in [0.3, 0.4) is 0 Å². The van der Waals surface area contributed by atoms with Crippen LogP contribution in [0.2, 0.25) is 0 Å². The van der Waals surface area contributed by atoms with Gasteiger partial charge >= 0.3 is 10.6 Å². The molecular weight excluding hydrogens is 354 g/mol. The maximum absolute atomic E-state index is 10.4. The van der Waals surface area contributed by atoms with E-state index in [1.165, 1.54) is 5.56 Å². The fourth-order valence-electron chi connectivity index (χ4n) is 2.26. The number of benzene rings is 3. The van der Waals surface area contributed by atoms with Gasteiger partial charge in [0.15, 0.2) is 5.75 Å². The fraction of sp³-hybridized carbons (Fsp3) is 0.111. The van der Waals surface area contributed by atoms with Gasteiger partial charge in [0.1, 0.15) is 5.69 Å². The third-order valence-corrected chi connectivity index (χ3v) is 3.57. The van der Waals surface area contributed by atoms with Crippen molar-refractivity contribution in [2.75, 3.05) is 12.4 Å². The summed E-state index contributed by atoms with van der Waals surface area (Å²) in [4.78, 5) is 0. The molecule has 0 atom stereocenters. The van der Waals surface area contributed by atoms with Crippen molar-refractivity contribution in [1.29, 1.82) is 0 Å². The van der Waals surface area contributed by atoms with E-state index in [2.05, 4.69) is 15.5 Å². The van der Waals surface area contributed by atoms with Crippen LogP contribution in [0.5, 0.6) is 5.75 Å². The molecule has 7 nitrogen and oxygen atoms in total. The number of fused-ring (bicyclic) bond motifs is 1. The zero-order valence-corrected chi connectivity index (χ0v) is 15.0. The Kier molecular flexibility index (Phi) is 6.40. The van der Waals surface area contributed by atoms with Gasteiger partial charge in [-0.05, 0) is 48.7 Å². The highest BCUT2D eigenvalue weighted by atomic mass is 32.2. The lowest BCUT2D eigenvalue weighted by Crippen LogP contribution is -1.87. The smallest absolute Gasteiger partial charge is 0.425 e. The van der Waals surface area contributed by atoms with Crippen molar-refractivity contribution in [3.8, 4) is 5.75 Å². The molecule has 0 aliphatic carbocycles. The number of nitrogens with zero attached hydrogens (tertiary/aromatic N) is 2. The Morgan fingerprint density at radius 3 is 2.19 bits per heavy atom. The van der Waals surface area contributed by atoms with Crippen molar-refractivity contribution in [3.05, 3.63) is 60.2 Å². The Morgan fingerprint density at radius 2 is 1.58 bits per heavy atom. The minimum atomic E-state index is -3.11. The van der Waals surface area contributed by atoms with Crippen LogP contribution in [-0.4, -0.2) is 24.8 Å². The van der Waals surface area contributed by atoms with E-state index in [0.29, 0.717) is 5.69 Å². The van der Waals surface area contributed by atoms with Crippen LogP contribution < -0.4 is 5.32 Å². The number of hydrogen-bond acceptors (Lipinski definition) is 7. The average molecular weight is 371 g/mol. The van der Waals surface area contributed by atoms with Crippen LogP contribution in [0, 0.1) is 6.92 Å². The van der Waals surface area contributed by atoms with Crippen molar-refractivity contribution in [1.82, 2.24) is 0 Å². The van der Waals surface area contributed by atoms with Crippen LogP contribution in [0.15, 0.2) is 64.8 Å². The second-order valence-corrected chi connectivity index (χ2v) is 5.77. The lowest BCUT2D eigenvalue weighted by atomic mass is 10.1. The number of anilines is 1. The SMILES string of the molecule is CNc1ccc2c(O)c(N=Nc3ccc(C)cc3)ccc2c1.O=S(=O)=O. The molecule has 134 valence electrons. The van der Waals surface area contributed by atoms with Crippen LogP contribution in [0.25, 0.3) is 10.8 Å². The van der Waals surface area contributed by atoms with Crippen molar-refractivity contribution in [3.63, 3.8) is 0 Å². The predicted molar refractivity (Wildman–Crippen MR) is 100 cm³/mol. The monoisotopic (exact) mass is 371 g/mol. The number of azo groups is 1.